The van der Waals surface area contributed by atoms with Crippen molar-refractivity contribution in [1.29, 1.82) is 0 Å². The Kier molecular flexibility index (Phi) is 6.73. The van der Waals surface area contributed by atoms with Crippen LogP contribution in [0.1, 0.15) is 17.5 Å². The van der Waals surface area contributed by atoms with E-state index in [2.05, 4.69) is 10.6 Å². The number of fused-ring (bicyclic) bond motifs is 1. The first-order valence-corrected chi connectivity index (χ1v) is 11.1. The highest BCUT2D eigenvalue weighted by Gasteiger charge is 2.27. The topological polar surface area (TPSA) is 105 Å². The standard InChI is InChI=1S/C21H25N3O5S/c1-15-11-17-18(29-14-21(26)23-17)12-19(15)30(27,28)24(2)13-20(25)22-10-6-9-16-7-4-3-5-8-16/h3-5,7-8,11-12H,6,9-10,13-14H2,1-2H3,(H,22,25)(H,23,26). The van der Waals surface area contributed by atoms with E-state index in [1.165, 1.54) is 18.7 Å². The molecule has 0 saturated carbocycles. The Morgan fingerprint density at radius 3 is 2.70 bits per heavy atom. The number of carbonyl (C=O) groups is 2. The number of sulfonamides is 1. The SMILES string of the molecule is Cc1cc2c(cc1S(=O)(=O)N(C)CC(=O)NCCCc1ccccc1)OCC(=O)N2. The molecule has 30 heavy (non-hydrogen) atoms. The van der Waals surface area contributed by atoms with Crippen molar-refractivity contribution in [3.63, 3.8) is 0 Å². The quantitative estimate of drug-likeness (QED) is 0.619. The Labute approximate surface area is 176 Å². The smallest absolute Gasteiger partial charge is 0.262 e. The zero-order valence-electron chi connectivity index (χ0n) is 17.0. The summed E-state index contributed by atoms with van der Waals surface area (Å²) in [7, 11) is -2.54. The summed E-state index contributed by atoms with van der Waals surface area (Å²) in [5.74, 6) is -0.371. The number of hydrogen-bond acceptors (Lipinski definition) is 5. The van der Waals surface area contributed by atoms with Crippen LogP contribution in [-0.4, -0.2) is 51.3 Å². The van der Waals surface area contributed by atoms with Crippen molar-refractivity contribution >= 4 is 27.5 Å². The molecule has 8 nitrogen and oxygen atoms in total. The first kappa shape index (κ1) is 21.8. The van der Waals surface area contributed by atoms with Crippen molar-refractivity contribution in [1.82, 2.24) is 9.62 Å². The largest absolute Gasteiger partial charge is 0.482 e. The van der Waals surface area contributed by atoms with Gasteiger partial charge < -0.3 is 15.4 Å². The lowest BCUT2D eigenvalue weighted by molar-refractivity contribution is -0.121. The minimum atomic E-state index is -3.91. The Balaban J connectivity index is 1.58. The molecule has 2 aromatic rings. The maximum Gasteiger partial charge on any atom is 0.262 e. The fourth-order valence-electron chi connectivity index (χ4n) is 3.17. The zero-order chi connectivity index (χ0) is 21.7. The molecule has 0 saturated heterocycles. The van der Waals surface area contributed by atoms with E-state index in [1.54, 1.807) is 13.0 Å². The van der Waals surface area contributed by atoms with Crippen LogP contribution >= 0.6 is 0 Å². The lowest BCUT2D eigenvalue weighted by Crippen LogP contribution is -2.39. The molecule has 3 rings (SSSR count). The van der Waals surface area contributed by atoms with Crippen molar-refractivity contribution in [3.8, 4) is 5.75 Å². The van der Waals surface area contributed by atoms with E-state index in [-0.39, 0.29) is 35.6 Å². The van der Waals surface area contributed by atoms with Crippen LogP contribution in [-0.2, 0) is 26.0 Å². The minimum Gasteiger partial charge on any atom is -0.482 e. The average molecular weight is 432 g/mol. The fraction of sp³-hybridized carbons (Fsp3) is 0.333. The fourth-order valence-corrected chi connectivity index (χ4v) is 4.51. The number of nitrogens with one attached hydrogen (secondary N) is 2. The molecular weight excluding hydrogens is 406 g/mol. The number of anilines is 1. The van der Waals surface area contributed by atoms with Crippen LogP contribution in [0.15, 0.2) is 47.4 Å². The van der Waals surface area contributed by atoms with Crippen LogP contribution in [0.25, 0.3) is 0 Å². The molecule has 0 bridgehead atoms. The predicted octanol–water partition coefficient (Wildman–Crippen LogP) is 1.70. The summed E-state index contributed by atoms with van der Waals surface area (Å²) in [6.45, 7) is 1.64. The van der Waals surface area contributed by atoms with Crippen molar-refractivity contribution in [2.45, 2.75) is 24.7 Å². The predicted molar refractivity (Wildman–Crippen MR) is 113 cm³/mol. The average Bonchev–Trinajstić information content (AvgIpc) is 2.71. The summed E-state index contributed by atoms with van der Waals surface area (Å²) in [4.78, 5) is 23.7. The molecule has 9 heteroatoms. The lowest BCUT2D eigenvalue weighted by Gasteiger charge is -2.22. The van der Waals surface area contributed by atoms with Gasteiger partial charge in [0.25, 0.3) is 5.91 Å². The molecule has 0 spiro atoms. The summed E-state index contributed by atoms with van der Waals surface area (Å²) < 4.78 is 32.2. The monoisotopic (exact) mass is 431 g/mol. The number of nitrogens with zero attached hydrogens (tertiary/aromatic N) is 1. The van der Waals surface area contributed by atoms with Crippen molar-refractivity contribution in [2.75, 3.05) is 32.1 Å². The molecular formula is C21H25N3O5S. The highest BCUT2D eigenvalue weighted by Crippen LogP contribution is 2.33. The van der Waals surface area contributed by atoms with Gasteiger partial charge in [-0.15, -0.1) is 0 Å². The number of aryl methyl sites for hydroxylation is 2. The first-order valence-electron chi connectivity index (χ1n) is 9.61. The molecule has 2 N–H and O–H groups in total. The molecule has 1 aliphatic heterocycles. The maximum atomic E-state index is 13.0. The Hall–Kier alpha value is -2.91. The molecule has 0 radical (unpaired) electrons. The second-order valence-electron chi connectivity index (χ2n) is 7.15. The zero-order valence-corrected chi connectivity index (χ0v) is 17.8. The summed E-state index contributed by atoms with van der Waals surface area (Å²) in [5.41, 5.74) is 2.07. The maximum absolute atomic E-state index is 13.0. The van der Waals surface area contributed by atoms with E-state index in [0.29, 0.717) is 17.8 Å². The summed E-state index contributed by atoms with van der Waals surface area (Å²) in [6, 6.07) is 12.9. The first-order chi connectivity index (χ1) is 14.3. The van der Waals surface area contributed by atoms with E-state index >= 15 is 0 Å². The summed E-state index contributed by atoms with van der Waals surface area (Å²) in [5, 5.41) is 5.40. The number of benzene rings is 2. The number of rotatable bonds is 8. The molecule has 2 aromatic carbocycles. The van der Waals surface area contributed by atoms with Gasteiger partial charge in [-0.1, -0.05) is 30.3 Å². The molecule has 0 aliphatic carbocycles. The molecule has 1 aliphatic rings. The van der Waals surface area contributed by atoms with Crippen LogP contribution < -0.4 is 15.4 Å². The van der Waals surface area contributed by atoms with E-state index in [0.717, 1.165) is 17.1 Å². The van der Waals surface area contributed by atoms with Crippen molar-refractivity contribution < 1.29 is 22.7 Å². The second kappa shape index (κ2) is 9.27. The number of ether oxygens (including phenoxy) is 1. The molecule has 1 heterocycles. The summed E-state index contributed by atoms with van der Waals surface area (Å²) in [6.07, 6.45) is 1.60. The van der Waals surface area contributed by atoms with E-state index in [1.807, 2.05) is 30.3 Å². The Morgan fingerprint density at radius 2 is 1.97 bits per heavy atom. The molecule has 0 fully saturated rings. The Bertz CT molecular complexity index is 1040. The number of amides is 2. The van der Waals surface area contributed by atoms with Gasteiger partial charge >= 0.3 is 0 Å². The lowest BCUT2D eigenvalue weighted by atomic mass is 10.1. The van der Waals surface area contributed by atoms with Crippen LogP contribution in [0.4, 0.5) is 5.69 Å². The van der Waals surface area contributed by atoms with Gasteiger partial charge in [0.2, 0.25) is 15.9 Å². The number of carbonyl (C=O) groups excluding carboxylic acids is 2. The van der Waals surface area contributed by atoms with Gasteiger partial charge in [-0.3, -0.25) is 9.59 Å². The van der Waals surface area contributed by atoms with Gasteiger partial charge in [-0.25, -0.2) is 8.42 Å². The third-order valence-corrected chi connectivity index (χ3v) is 6.72. The normalized spacial score (nSPS) is 13.4. The van der Waals surface area contributed by atoms with Gasteiger partial charge in [-0.2, -0.15) is 4.31 Å². The molecule has 2 amide bonds. The highest BCUT2D eigenvalue weighted by molar-refractivity contribution is 7.89. The highest BCUT2D eigenvalue weighted by atomic mass is 32.2. The van der Waals surface area contributed by atoms with Crippen molar-refractivity contribution in [2.24, 2.45) is 0 Å². The van der Waals surface area contributed by atoms with Gasteiger partial charge in [0.05, 0.1) is 17.1 Å². The van der Waals surface area contributed by atoms with Crippen molar-refractivity contribution in [3.05, 3.63) is 53.6 Å². The van der Waals surface area contributed by atoms with Crippen LogP contribution in [0.3, 0.4) is 0 Å². The van der Waals surface area contributed by atoms with Crippen LogP contribution in [0.5, 0.6) is 5.75 Å². The molecule has 160 valence electrons. The van der Waals surface area contributed by atoms with E-state index < -0.39 is 10.0 Å². The van der Waals surface area contributed by atoms with Gasteiger partial charge in [0.15, 0.2) is 6.61 Å². The van der Waals surface area contributed by atoms with E-state index in [4.69, 9.17) is 4.74 Å². The summed E-state index contributed by atoms with van der Waals surface area (Å²) >= 11 is 0. The second-order valence-corrected chi connectivity index (χ2v) is 9.16. The Morgan fingerprint density at radius 1 is 1.23 bits per heavy atom. The van der Waals surface area contributed by atoms with Crippen LogP contribution in [0.2, 0.25) is 0 Å². The van der Waals surface area contributed by atoms with Gasteiger partial charge in [-0.05, 0) is 37.0 Å². The number of likely N-dealkylation sites (N-methyl/N-ethyl adjacent to an activating group) is 1. The van der Waals surface area contributed by atoms with Gasteiger partial charge in [0.1, 0.15) is 5.75 Å². The van der Waals surface area contributed by atoms with Crippen LogP contribution in [0, 0.1) is 6.92 Å². The number of hydrogen-bond donors (Lipinski definition) is 2. The third-order valence-electron chi connectivity index (χ3n) is 4.77. The van der Waals surface area contributed by atoms with E-state index in [9.17, 15) is 18.0 Å². The minimum absolute atomic E-state index is 0.0387. The molecule has 0 aromatic heterocycles. The molecule has 0 unspecified atom stereocenters. The third kappa shape index (κ3) is 5.17. The molecule has 0 atom stereocenters. The van der Waals surface area contributed by atoms with Gasteiger partial charge in [0, 0.05) is 19.7 Å².